The Morgan fingerprint density at radius 3 is 2.70 bits per heavy atom. The lowest BCUT2D eigenvalue weighted by molar-refractivity contribution is -0.139. The van der Waals surface area contributed by atoms with Gasteiger partial charge in [-0.3, -0.25) is 19.5 Å². The van der Waals surface area contributed by atoms with E-state index in [-0.39, 0.29) is 17.1 Å². The summed E-state index contributed by atoms with van der Waals surface area (Å²) in [6, 6.07) is 9.92. The van der Waals surface area contributed by atoms with Gasteiger partial charge in [-0.15, -0.1) is 0 Å². The van der Waals surface area contributed by atoms with Crippen molar-refractivity contribution in [2.75, 3.05) is 6.54 Å². The van der Waals surface area contributed by atoms with Gasteiger partial charge in [0.1, 0.15) is 0 Å². The van der Waals surface area contributed by atoms with Crippen LogP contribution in [-0.2, 0) is 16.0 Å². The molecule has 1 fully saturated rings. The van der Waals surface area contributed by atoms with Crippen LogP contribution in [-0.4, -0.2) is 40.6 Å². The summed E-state index contributed by atoms with van der Waals surface area (Å²) in [6.07, 6.45) is 2.98. The van der Waals surface area contributed by atoms with Crippen molar-refractivity contribution >= 4 is 35.4 Å². The maximum absolute atomic E-state index is 12.5. The molecule has 23 heavy (non-hydrogen) atoms. The predicted molar refractivity (Wildman–Crippen MR) is 94.3 cm³/mol. The molecule has 2 rings (SSSR count). The average molecular weight is 331 g/mol. The van der Waals surface area contributed by atoms with Gasteiger partial charge in [0, 0.05) is 18.8 Å². The van der Waals surface area contributed by atoms with Gasteiger partial charge in [0.15, 0.2) is 11.0 Å². The predicted octanol–water partition coefficient (Wildman–Crippen LogP) is 1.96. The molecule has 0 saturated carbocycles. The van der Waals surface area contributed by atoms with Crippen LogP contribution < -0.4 is 5.32 Å². The first kappa shape index (κ1) is 17.3. The molecular weight excluding hydrogens is 310 g/mol. The SMILES string of the molecule is CC[C@@H](C)N1C(=O)[C@@H](C=NCCc2ccccc2)C(=O)NC1=S. The zero-order valence-electron chi connectivity index (χ0n) is 13.4. The van der Waals surface area contributed by atoms with E-state index in [2.05, 4.69) is 10.3 Å². The number of hydrogen-bond acceptors (Lipinski definition) is 4. The van der Waals surface area contributed by atoms with E-state index in [0.29, 0.717) is 6.54 Å². The molecule has 122 valence electrons. The fourth-order valence-corrected chi connectivity index (χ4v) is 2.73. The molecule has 6 heteroatoms. The number of hydrogen-bond donors (Lipinski definition) is 1. The number of nitrogens with zero attached hydrogens (tertiary/aromatic N) is 2. The third-order valence-electron chi connectivity index (χ3n) is 3.89. The van der Waals surface area contributed by atoms with Crippen molar-refractivity contribution in [1.29, 1.82) is 0 Å². The van der Waals surface area contributed by atoms with E-state index in [1.165, 1.54) is 16.7 Å². The van der Waals surface area contributed by atoms with Crippen molar-refractivity contribution in [2.24, 2.45) is 10.9 Å². The molecule has 0 radical (unpaired) electrons. The summed E-state index contributed by atoms with van der Waals surface area (Å²) in [5.74, 6) is -1.59. The smallest absolute Gasteiger partial charge is 0.247 e. The van der Waals surface area contributed by atoms with Crippen LogP contribution in [0.1, 0.15) is 25.8 Å². The van der Waals surface area contributed by atoms with E-state index >= 15 is 0 Å². The first-order valence-electron chi connectivity index (χ1n) is 7.76. The second-order valence-corrected chi connectivity index (χ2v) is 5.92. The highest BCUT2D eigenvalue weighted by Gasteiger charge is 2.39. The van der Waals surface area contributed by atoms with Crippen LogP contribution in [0.4, 0.5) is 0 Å². The molecule has 0 spiro atoms. The van der Waals surface area contributed by atoms with Gasteiger partial charge in [0.05, 0.1) is 0 Å². The molecule has 0 bridgehead atoms. The second kappa shape index (κ2) is 7.97. The summed E-state index contributed by atoms with van der Waals surface area (Å²) < 4.78 is 0. The van der Waals surface area contributed by atoms with Gasteiger partial charge in [-0.05, 0) is 37.5 Å². The molecule has 0 unspecified atom stereocenters. The summed E-state index contributed by atoms with van der Waals surface area (Å²) in [5, 5.41) is 2.77. The Morgan fingerprint density at radius 2 is 2.04 bits per heavy atom. The van der Waals surface area contributed by atoms with Gasteiger partial charge in [0.25, 0.3) is 0 Å². The number of thiocarbonyl (C=S) groups is 1. The Bertz CT molecular complexity index is 616. The van der Waals surface area contributed by atoms with Crippen LogP contribution in [0.15, 0.2) is 35.3 Å². The molecule has 2 amide bonds. The second-order valence-electron chi connectivity index (χ2n) is 5.53. The summed E-state index contributed by atoms with van der Waals surface area (Å²) in [7, 11) is 0. The van der Waals surface area contributed by atoms with E-state index in [1.807, 2.05) is 44.2 Å². The largest absolute Gasteiger partial charge is 0.302 e. The number of rotatable bonds is 6. The third-order valence-corrected chi connectivity index (χ3v) is 4.19. The Morgan fingerprint density at radius 1 is 1.35 bits per heavy atom. The first-order valence-corrected chi connectivity index (χ1v) is 8.17. The zero-order chi connectivity index (χ0) is 16.8. The number of carbonyl (C=O) groups is 2. The van der Waals surface area contributed by atoms with E-state index in [1.54, 1.807) is 0 Å². The van der Waals surface area contributed by atoms with E-state index in [9.17, 15) is 9.59 Å². The molecule has 1 N–H and O–H groups in total. The fraction of sp³-hybridized carbons (Fsp3) is 0.412. The van der Waals surface area contributed by atoms with E-state index < -0.39 is 11.8 Å². The molecule has 1 aromatic rings. The Labute approximate surface area is 141 Å². The quantitative estimate of drug-likeness (QED) is 0.492. The standard InChI is InChI=1S/C17H21N3O2S/c1-3-12(2)20-16(22)14(15(21)19-17(20)23)11-18-10-9-13-7-5-4-6-8-13/h4-8,11-12,14H,3,9-10H2,1-2H3,(H,19,21,23)/t12-,14+/m1/s1. The average Bonchev–Trinajstić information content (AvgIpc) is 2.54. The Kier molecular flexibility index (Phi) is 5.98. The molecule has 1 aromatic carbocycles. The van der Waals surface area contributed by atoms with Gasteiger partial charge in [-0.2, -0.15) is 0 Å². The molecule has 0 aromatic heterocycles. The fourth-order valence-electron chi connectivity index (χ4n) is 2.36. The van der Waals surface area contributed by atoms with Gasteiger partial charge in [-0.25, -0.2) is 0 Å². The molecule has 1 aliphatic rings. The Balaban J connectivity index is 1.99. The van der Waals surface area contributed by atoms with Gasteiger partial charge in [-0.1, -0.05) is 37.3 Å². The lowest BCUT2D eigenvalue weighted by atomic mass is 10.0. The highest BCUT2D eigenvalue weighted by atomic mass is 32.1. The van der Waals surface area contributed by atoms with Crippen LogP contribution in [0.25, 0.3) is 0 Å². The number of amides is 2. The topological polar surface area (TPSA) is 61.8 Å². The van der Waals surface area contributed by atoms with Crippen LogP contribution in [0.3, 0.4) is 0 Å². The minimum atomic E-state index is -0.897. The maximum Gasteiger partial charge on any atom is 0.247 e. The number of nitrogens with one attached hydrogen (secondary N) is 1. The van der Waals surface area contributed by atoms with Crippen LogP contribution in [0.5, 0.6) is 0 Å². The summed E-state index contributed by atoms with van der Waals surface area (Å²) in [4.78, 5) is 30.2. The molecule has 1 heterocycles. The summed E-state index contributed by atoms with van der Waals surface area (Å²) in [5.41, 5.74) is 1.17. The van der Waals surface area contributed by atoms with Gasteiger partial charge in [0.2, 0.25) is 11.8 Å². The minimum absolute atomic E-state index is 0.0455. The Hall–Kier alpha value is -2.08. The molecule has 1 aliphatic heterocycles. The van der Waals surface area contributed by atoms with Crippen molar-refractivity contribution in [1.82, 2.24) is 10.2 Å². The minimum Gasteiger partial charge on any atom is -0.302 e. The van der Waals surface area contributed by atoms with Gasteiger partial charge < -0.3 is 5.32 Å². The maximum atomic E-state index is 12.5. The highest BCUT2D eigenvalue weighted by molar-refractivity contribution is 7.80. The van der Waals surface area contributed by atoms with Crippen LogP contribution in [0, 0.1) is 5.92 Å². The lowest BCUT2D eigenvalue weighted by Gasteiger charge is -2.34. The third kappa shape index (κ3) is 4.22. The van der Waals surface area contributed by atoms with Crippen LogP contribution >= 0.6 is 12.2 Å². The van der Waals surface area contributed by atoms with Crippen molar-refractivity contribution in [3.05, 3.63) is 35.9 Å². The lowest BCUT2D eigenvalue weighted by Crippen LogP contribution is -2.60. The summed E-state index contributed by atoms with van der Waals surface area (Å²) in [6.45, 7) is 4.42. The monoisotopic (exact) mass is 331 g/mol. The first-order chi connectivity index (χ1) is 11.0. The van der Waals surface area contributed by atoms with Crippen molar-refractivity contribution < 1.29 is 9.59 Å². The van der Waals surface area contributed by atoms with Crippen molar-refractivity contribution in [3.8, 4) is 0 Å². The molecule has 5 nitrogen and oxygen atoms in total. The highest BCUT2D eigenvalue weighted by Crippen LogP contribution is 2.14. The van der Waals surface area contributed by atoms with Gasteiger partial charge >= 0.3 is 0 Å². The number of aliphatic imine (C=N–C) groups is 1. The molecule has 0 aliphatic carbocycles. The number of carbonyl (C=O) groups excluding carboxylic acids is 2. The van der Waals surface area contributed by atoms with E-state index in [0.717, 1.165) is 12.8 Å². The molecular formula is C17H21N3O2S. The summed E-state index contributed by atoms with van der Waals surface area (Å²) >= 11 is 5.10. The number of benzene rings is 1. The molecule has 2 atom stereocenters. The van der Waals surface area contributed by atoms with Crippen LogP contribution in [0.2, 0.25) is 0 Å². The molecule has 1 saturated heterocycles. The van der Waals surface area contributed by atoms with Crippen molar-refractivity contribution in [3.63, 3.8) is 0 Å². The van der Waals surface area contributed by atoms with E-state index in [4.69, 9.17) is 12.2 Å². The van der Waals surface area contributed by atoms with Crippen molar-refractivity contribution in [2.45, 2.75) is 32.7 Å². The zero-order valence-corrected chi connectivity index (χ0v) is 14.2. The normalized spacial score (nSPS) is 20.0.